The number of ether oxygens (including phenoxy) is 2. The highest BCUT2D eigenvalue weighted by Gasteiger charge is 2.29. The van der Waals surface area contributed by atoms with Gasteiger partial charge in [0.15, 0.2) is 5.65 Å². The summed E-state index contributed by atoms with van der Waals surface area (Å²) in [7, 11) is 0. The van der Waals surface area contributed by atoms with E-state index in [2.05, 4.69) is 40.1 Å². The predicted molar refractivity (Wildman–Crippen MR) is 144 cm³/mol. The van der Waals surface area contributed by atoms with Gasteiger partial charge in [-0.05, 0) is 72.5 Å². The molecule has 38 heavy (non-hydrogen) atoms. The molecule has 9 heteroatoms. The van der Waals surface area contributed by atoms with Crippen molar-refractivity contribution in [3.63, 3.8) is 0 Å². The summed E-state index contributed by atoms with van der Waals surface area (Å²) >= 11 is 0. The van der Waals surface area contributed by atoms with Gasteiger partial charge in [-0.15, -0.1) is 0 Å². The Morgan fingerprint density at radius 1 is 1.05 bits per heavy atom. The zero-order chi connectivity index (χ0) is 27.0. The van der Waals surface area contributed by atoms with Crippen molar-refractivity contribution in [2.45, 2.75) is 77.7 Å². The molecule has 0 amide bonds. The molecule has 2 aliphatic rings. The maximum absolute atomic E-state index is 15.1. The fraction of sp³-hybridized carbons (Fsp3) is 0.552. The lowest BCUT2D eigenvalue weighted by Gasteiger charge is -2.35. The van der Waals surface area contributed by atoms with Gasteiger partial charge < -0.3 is 19.7 Å². The van der Waals surface area contributed by atoms with E-state index >= 15 is 4.39 Å². The third kappa shape index (κ3) is 5.45. The van der Waals surface area contributed by atoms with E-state index in [0.29, 0.717) is 53.9 Å². The van der Waals surface area contributed by atoms with Crippen LogP contribution in [0.1, 0.15) is 81.2 Å². The molecule has 4 heterocycles. The third-order valence-electron chi connectivity index (χ3n) is 7.68. The van der Waals surface area contributed by atoms with Crippen LogP contribution in [-0.4, -0.2) is 58.3 Å². The van der Waals surface area contributed by atoms with E-state index < -0.39 is 18.0 Å². The van der Waals surface area contributed by atoms with Crippen LogP contribution in [-0.2, 0) is 4.74 Å². The molecule has 204 valence electrons. The third-order valence-corrected chi connectivity index (χ3v) is 7.68. The Kier molecular flexibility index (Phi) is 7.77. The minimum Gasteiger partial charge on any atom is -0.469 e. The van der Waals surface area contributed by atoms with E-state index in [1.54, 1.807) is 19.1 Å². The molecule has 2 saturated heterocycles. The number of benzene rings is 1. The Labute approximate surface area is 223 Å². The van der Waals surface area contributed by atoms with Crippen molar-refractivity contribution >= 4 is 16.9 Å². The molecule has 5 rings (SSSR count). The number of fused-ring (bicyclic) bond motifs is 1. The van der Waals surface area contributed by atoms with Gasteiger partial charge >= 0.3 is 0 Å². The molecule has 0 radical (unpaired) electrons. The largest absolute Gasteiger partial charge is 0.469 e. The van der Waals surface area contributed by atoms with Gasteiger partial charge in [0.05, 0.1) is 24.6 Å². The molecule has 0 bridgehead atoms. The fourth-order valence-corrected chi connectivity index (χ4v) is 5.32. The summed E-state index contributed by atoms with van der Waals surface area (Å²) in [6.45, 7) is 12.6. The van der Waals surface area contributed by atoms with Gasteiger partial charge in [0.25, 0.3) is 0 Å². The number of rotatable bonds is 8. The van der Waals surface area contributed by atoms with Crippen molar-refractivity contribution in [1.82, 2.24) is 19.9 Å². The highest BCUT2D eigenvalue weighted by molar-refractivity contribution is 5.88. The molecule has 2 aliphatic heterocycles. The molecule has 1 N–H and O–H groups in total. The smallest absolute Gasteiger partial charge is 0.219 e. The molecule has 2 fully saturated rings. The van der Waals surface area contributed by atoms with Gasteiger partial charge in [0, 0.05) is 22.7 Å². The summed E-state index contributed by atoms with van der Waals surface area (Å²) < 4.78 is 40.7. The number of anilines is 1. The lowest BCUT2D eigenvalue weighted by Crippen LogP contribution is -2.40. The van der Waals surface area contributed by atoms with Crippen LogP contribution >= 0.6 is 0 Å². The molecule has 2 aromatic heterocycles. The van der Waals surface area contributed by atoms with E-state index in [1.165, 1.54) is 13.0 Å². The van der Waals surface area contributed by atoms with E-state index in [9.17, 15) is 4.39 Å². The molecule has 2 atom stereocenters. The zero-order valence-electron chi connectivity index (χ0n) is 22.8. The first-order valence-corrected chi connectivity index (χ1v) is 13.6. The van der Waals surface area contributed by atoms with Crippen molar-refractivity contribution in [2.24, 2.45) is 0 Å². The molecule has 3 aromatic rings. The second kappa shape index (κ2) is 11.1. The number of halogens is 2. The molecule has 1 aromatic carbocycles. The van der Waals surface area contributed by atoms with E-state index in [4.69, 9.17) is 14.5 Å². The van der Waals surface area contributed by atoms with Crippen LogP contribution in [0.5, 0.6) is 5.88 Å². The Hall–Kier alpha value is -2.91. The lowest BCUT2D eigenvalue weighted by molar-refractivity contribution is -0.0817. The second-order valence-electron chi connectivity index (χ2n) is 10.8. The first-order chi connectivity index (χ1) is 18.2. The summed E-state index contributed by atoms with van der Waals surface area (Å²) in [4.78, 5) is 16.6. The first-order valence-electron chi connectivity index (χ1n) is 13.6. The number of aromatic nitrogens is 3. The fourth-order valence-electron chi connectivity index (χ4n) is 5.32. The SMILES string of the molecule is Cc1nc(N[C@H](C)c2cccc(C(C)F)c2F)c2cc(C3CCN(C(C)C)CC3)c(OC3COC3)nc2n1. The van der Waals surface area contributed by atoms with Gasteiger partial charge in [-0.2, -0.15) is 4.98 Å². The summed E-state index contributed by atoms with van der Waals surface area (Å²) in [5.41, 5.74) is 2.02. The standard InChI is InChI=1S/C29H37F2N5O2/c1-16(2)36-11-9-20(10-12-36)24-13-25-27(32-18(4)23-8-6-7-22(17(3)30)26(23)31)33-19(5)34-28(25)35-29(24)38-21-14-37-15-21/h6-8,13,16-18,20-21H,9-12,14-15H2,1-5H3,(H,32,33,34,35)/t17?,18-/m1/s1. The quantitative estimate of drug-likeness (QED) is 0.384. The average Bonchev–Trinajstić information content (AvgIpc) is 2.85. The van der Waals surface area contributed by atoms with Crippen molar-refractivity contribution in [3.05, 3.63) is 52.6 Å². The van der Waals surface area contributed by atoms with Gasteiger partial charge in [0.2, 0.25) is 5.88 Å². The Morgan fingerprint density at radius 2 is 1.76 bits per heavy atom. The summed E-state index contributed by atoms with van der Waals surface area (Å²) in [6, 6.07) is 7.00. The molecular formula is C29H37F2N5O2. The Balaban J connectivity index is 1.52. The average molecular weight is 526 g/mol. The topological polar surface area (TPSA) is 72.4 Å². The van der Waals surface area contributed by atoms with Crippen molar-refractivity contribution in [1.29, 1.82) is 0 Å². The number of aryl methyl sites for hydroxylation is 1. The van der Waals surface area contributed by atoms with Crippen molar-refractivity contribution in [3.8, 4) is 5.88 Å². The van der Waals surface area contributed by atoms with Crippen LogP contribution in [0.15, 0.2) is 24.3 Å². The number of nitrogens with zero attached hydrogens (tertiary/aromatic N) is 4. The van der Waals surface area contributed by atoms with Crippen LogP contribution < -0.4 is 10.1 Å². The maximum atomic E-state index is 15.1. The summed E-state index contributed by atoms with van der Waals surface area (Å²) in [5.74, 6) is 1.49. The number of pyridine rings is 1. The van der Waals surface area contributed by atoms with E-state index in [0.717, 1.165) is 36.9 Å². The molecule has 0 saturated carbocycles. The van der Waals surface area contributed by atoms with Gasteiger partial charge in [-0.25, -0.2) is 18.7 Å². The second-order valence-corrected chi connectivity index (χ2v) is 10.8. The number of hydrogen-bond acceptors (Lipinski definition) is 7. The van der Waals surface area contributed by atoms with Gasteiger partial charge in [-0.1, -0.05) is 18.2 Å². The summed E-state index contributed by atoms with van der Waals surface area (Å²) in [5, 5.41) is 4.12. The molecule has 0 spiro atoms. The maximum Gasteiger partial charge on any atom is 0.219 e. The molecule has 0 aliphatic carbocycles. The number of likely N-dealkylation sites (tertiary alicyclic amines) is 1. The van der Waals surface area contributed by atoms with Crippen LogP contribution in [0.4, 0.5) is 14.6 Å². The first kappa shape index (κ1) is 26.7. The van der Waals surface area contributed by atoms with Crippen molar-refractivity contribution in [2.75, 3.05) is 31.6 Å². The van der Waals surface area contributed by atoms with Crippen LogP contribution in [0, 0.1) is 12.7 Å². The van der Waals surface area contributed by atoms with Gasteiger partial charge in [0.1, 0.15) is 29.7 Å². The van der Waals surface area contributed by atoms with Crippen LogP contribution in [0.3, 0.4) is 0 Å². The number of alkyl halides is 1. The molecular weight excluding hydrogens is 488 g/mol. The summed E-state index contributed by atoms with van der Waals surface area (Å²) in [6.07, 6.45) is 0.614. The Morgan fingerprint density at radius 3 is 2.39 bits per heavy atom. The lowest BCUT2D eigenvalue weighted by atomic mass is 9.89. The number of piperidine rings is 1. The van der Waals surface area contributed by atoms with Crippen molar-refractivity contribution < 1.29 is 18.3 Å². The minimum absolute atomic E-state index is 0.0110. The van der Waals surface area contributed by atoms with Crippen LogP contribution in [0.2, 0.25) is 0 Å². The highest BCUT2D eigenvalue weighted by atomic mass is 19.1. The predicted octanol–water partition coefficient (Wildman–Crippen LogP) is 6.04. The van der Waals surface area contributed by atoms with E-state index in [-0.39, 0.29) is 11.7 Å². The number of hydrogen-bond donors (Lipinski definition) is 1. The van der Waals surface area contributed by atoms with Crippen LogP contribution in [0.25, 0.3) is 11.0 Å². The normalized spacial score (nSPS) is 18.9. The molecule has 1 unspecified atom stereocenters. The highest BCUT2D eigenvalue weighted by Crippen LogP contribution is 2.38. The minimum atomic E-state index is -1.39. The zero-order valence-corrected chi connectivity index (χ0v) is 22.8. The molecule has 7 nitrogen and oxygen atoms in total. The Bertz CT molecular complexity index is 1290. The van der Waals surface area contributed by atoms with E-state index in [1.807, 2.05) is 6.92 Å². The number of nitrogens with one attached hydrogen (secondary N) is 1. The van der Waals surface area contributed by atoms with Gasteiger partial charge in [-0.3, -0.25) is 0 Å². The monoisotopic (exact) mass is 525 g/mol.